The largest absolute Gasteiger partial charge is 0.488 e. The molecule has 1 heterocycles. The molecule has 0 aliphatic rings. The first-order valence-corrected chi connectivity index (χ1v) is 3.36. The Balaban J connectivity index is 2.60. The van der Waals surface area contributed by atoms with Crippen molar-refractivity contribution in [2.45, 2.75) is 0 Å². The van der Waals surface area contributed by atoms with Gasteiger partial charge in [0.15, 0.2) is 0 Å². The van der Waals surface area contributed by atoms with E-state index in [9.17, 15) is 0 Å². The molecule has 12 heavy (non-hydrogen) atoms. The SMILES string of the molecule is OB(O)c1ccc2nonc2c1. The van der Waals surface area contributed by atoms with Gasteiger partial charge in [0.05, 0.1) is 0 Å². The van der Waals surface area contributed by atoms with Crippen molar-refractivity contribution in [3.8, 4) is 0 Å². The molecule has 2 rings (SSSR count). The maximum absolute atomic E-state index is 8.80. The number of aromatic nitrogens is 2. The van der Waals surface area contributed by atoms with E-state index in [-0.39, 0.29) is 0 Å². The molecule has 0 saturated carbocycles. The van der Waals surface area contributed by atoms with Crippen LogP contribution in [-0.4, -0.2) is 27.5 Å². The standard InChI is InChI=1S/C6H5BN2O3/c10-7(11)4-1-2-5-6(3-4)9-12-8-5/h1-3,10-11H. The van der Waals surface area contributed by atoms with Gasteiger partial charge in [0.2, 0.25) is 0 Å². The number of hydrogen-bond acceptors (Lipinski definition) is 5. The van der Waals surface area contributed by atoms with Gasteiger partial charge in [-0.2, -0.15) is 0 Å². The lowest BCUT2D eigenvalue weighted by atomic mass is 9.80. The first kappa shape index (κ1) is 7.26. The zero-order valence-corrected chi connectivity index (χ0v) is 6.01. The van der Waals surface area contributed by atoms with Crippen molar-refractivity contribution < 1.29 is 14.7 Å². The van der Waals surface area contributed by atoms with Gasteiger partial charge in [-0.15, -0.1) is 0 Å². The van der Waals surface area contributed by atoms with Gasteiger partial charge in [0.1, 0.15) is 11.0 Å². The molecule has 1 aromatic heterocycles. The molecule has 0 atom stereocenters. The summed E-state index contributed by atoms with van der Waals surface area (Å²) < 4.78 is 4.44. The molecule has 1 aromatic carbocycles. The lowest BCUT2D eigenvalue weighted by Crippen LogP contribution is -2.29. The molecule has 0 amide bonds. The number of rotatable bonds is 1. The van der Waals surface area contributed by atoms with Gasteiger partial charge in [0.25, 0.3) is 0 Å². The summed E-state index contributed by atoms with van der Waals surface area (Å²) in [6.45, 7) is 0. The highest BCUT2D eigenvalue weighted by Gasteiger charge is 2.12. The predicted octanol–water partition coefficient (Wildman–Crippen LogP) is -1.10. The van der Waals surface area contributed by atoms with Crippen LogP contribution in [-0.2, 0) is 0 Å². The Labute approximate surface area is 67.7 Å². The number of fused-ring (bicyclic) bond motifs is 1. The quantitative estimate of drug-likeness (QED) is 0.523. The van der Waals surface area contributed by atoms with Crippen molar-refractivity contribution in [1.29, 1.82) is 0 Å². The molecule has 0 unspecified atom stereocenters. The molecule has 0 bridgehead atoms. The van der Waals surface area contributed by atoms with Crippen LogP contribution in [0, 0.1) is 0 Å². The fourth-order valence-corrected chi connectivity index (χ4v) is 0.960. The third-order valence-electron chi connectivity index (χ3n) is 1.58. The van der Waals surface area contributed by atoms with Gasteiger partial charge in [-0.1, -0.05) is 6.07 Å². The average Bonchev–Trinajstić information content (AvgIpc) is 2.49. The Morgan fingerprint density at radius 3 is 2.67 bits per heavy atom. The van der Waals surface area contributed by atoms with Crippen LogP contribution < -0.4 is 5.46 Å². The van der Waals surface area contributed by atoms with Crippen LogP contribution in [0.15, 0.2) is 22.8 Å². The maximum Gasteiger partial charge on any atom is 0.488 e. The topological polar surface area (TPSA) is 79.4 Å². The first-order chi connectivity index (χ1) is 5.77. The normalized spacial score (nSPS) is 10.5. The fourth-order valence-electron chi connectivity index (χ4n) is 0.960. The van der Waals surface area contributed by atoms with Gasteiger partial charge in [-0.05, 0) is 27.9 Å². The van der Waals surface area contributed by atoms with Crippen molar-refractivity contribution >= 4 is 23.6 Å². The minimum absolute atomic E-state index is 0.373. The third kappa shape index (κ3) is 1.07. The predicted molar refractivity (Wildman–Crippen MR) is 41.6 cm³/mol. The van der Waals surface area contributed by atoms with Gasteiger partial charge >= 0.3 is 7.12 Å². The second-order valence-corrected chi connectivity index (χ2v) is 2.39. The second kappa shape index (κ2) is 2.58. The van der Waals surface area contributed by atoms with Crippen LogP contribution in [0.4, 0.5) is 0 Å². The van der Waals surface area contributed by atoms with Crippen LogP contribution >= 0.6 is 0 Å². The highest BCUT2D eigenvalue weighted by molar-refractivity contribution is 6.58. The van der Waals surface area contributed by atoms with Crippen molar-refractivity contribution in [2.24, 2.45) is 0 Å². The minimum Gasteiger partial charge on any atom is -0.423 e. The van der Waals surface area contributed by atoms with E-state index in [0.29, 0.717) is 16.5 Å². The van der Waals surface area contributed by atoms with Gasteiger partial charge in [-0.3, -0.25) is 0 Å². The molecule has 5 nitrogen and oxygen atoms in total. The zero-order valence-electron chi connectivity index (χ0n) is 6.01. The smallest absolute Gasteiger partial charge is 0.423 e. The molecular formula is C6H5BN2O3. The van der Waals surface area contributed by atoms with Gasteiger partial charge in [0, 0.05) is 0 Å². The van der Waals surface area contributed by atoms with E-state index in [1.807, 2.05) is 0 Å². The molecule has 6 heteroatoms. The van der Waals surface area contributed by atoms with Crippen LogP contribution in [0.2, 0.25) is 0 Å². The summed E-state index contributed by atoms with van der Waals surface area (Å²) in [5.74, 6) is 0. The first-order valence-electron chi connectivity index (χ1n) is 3.36. The van der Waals surface area contributed by atoms with Crippen molar-refractivity contribution in [3.63, 3.8) is 0 Å². The summed E-state index contributed by atoms with van der Waals surface area (Å²) in [7, 11) is -1.48. The van der Waals surface area contributed by atoms with Crippen LogP contribution in [0.3, 0.4) is 0 Å². The highest BCUT2D eigenvalue weighted by atomic mass is 16.6. The summed E-state index contributed by atoms with van der Waals surface area (Å²) in [6.07, 6.45) is 0. The minimum atomic E-state index is -1.48. The monoisotopic (exact) mass is 164 g/mol. The summed E-state index contributed by atoms with van der Waals surface area (Å²) in [5, 5.41) is 24.7. The highest BCUT2D eigenvalue weighted by Crippen LogP contribution is 2.05. The van der Waals surface area contributed by atoms with E-state index >= 15 is 0 Å². The molecule has 0 spiro atoms. The van der Waals surface area contributed by atoms with Gasteiger partial charge in [-0.25, -0.2) is 4.63 Å². The lowest BCUT2D eigenvalue weighted by molar-refractivity contribution is 0.315. The molecule has 2 N–H and O–H groups in total. The molecule has 0 aliphatic carbocycles. The lowest BCUT2D eigenvalue weighted by Gasteiger charge is -1.95. The number of benzene rings is 1. The van der Waals surface area contributed by atoms with Crippen molar-refractivity contribution in [3.05, 3.63) is 18.2 Å². The van der Waals surface area contributed by atoms with Gasteiger partial charge < -0.3 is 10.0 Å². The average molecular weight is 164 g/mol. The second-order valence-electron chi connectivity index (χ2n) is 2.39. The summed E-state index contributed by atoms with van der Waals surface area (Å²) >= 11 is 0. The van der Waals surface area contributed by atoms with E-state index in [1.165, 1.54) is 6.07 Å². The molecular weight excluding hydrogens is 159 g/mol. The molecule has 2 aromatic rings. The third-order valence-corrected chi connectivity index (χ3v) is 1.58. The van der Waals surface area contributed by atoms with Crippen LogP contribution in [0.25, 0.3) is 11.0 Å². The molecule has 0 aliphatic heterocycles. The Morgan fingerprint density at radius 2 is 1.92 bits per heavy atom. The summed E-state index contributed by atoms with van der Waals surface area (Å²) in [6, 6.07) is 4.67. The number of hydrogen-bond donors (Lipinski definition) is 2. The van der Waals surface area contributed by atoms with Crippen molar-refractivity contribution in [2.75, 3.05) is 0 Å². The Kier molecular flexibility index (Phi) is 1.56. The molecule has 0 fully saturated rings. The van der Waals surface area contributed by atoms with E-state index in [0.717, 1.165) is 0 Å². The number of nitrogens with zero attached hydrogens (tertiary/aromatic N) is 2. The molecule has 0 saturated heterocycles. The van der Waals surface area contributed by atoms with E-state index in [4.69, 9.17) is 10.0 Å². The van der Waals surface area contributed by atoms with E-state index in [1.54, 1.807) is 12.1 Å². The van der Waals surface area contributed by atoms with E-state index < -0.39 is 7.12 Å². The van der Waals surface area contributed by atoms with Crippen LogP contribution in [0.5, 0.6) is 0 Å². The van der Waals surface area contributed by atoms with E-state index in [2.05, 4.69) is 14.9 Å². The summed E-state index contributed by atoms with van der Waals surface area (Å²) in [5.41, 5.74) is 1.48. The molecule has 0 radical (unpaired) electrons. The Morgan fingerprint density at radius 1 is 1.17 bits per heavy atom. The summed E-state index contributed by atoms with van der Waals surface area (Å²) in [4.78, 5) is 0. The van der Waals surface area contributed by atoms with Crippen LogP contribution in [0.1, 0.15) is 0 Å². The zero-order chi connectivity index (χ0) is 8.55. The van der Waals surface area contributed by atoms with Crippen molar-refractivity contribution in [1.82, 2.24) is 10.3 Å². The fraction of sp³-hybridized carbons (Fsp3) is 0. The Hall–Kier alpha value is -1.40. The maximum atomic E-state index is 8.80. The molecule has 60 valence electrons. The Bertz CT molecular complexity index is 400.